The Labute approximate surface area is 415 Å². The normalized spacial score (nSPS) is 21.3. The van der Waals surface area contributed by atoms with Crippen LogP contribution in [-0.4, -0.2) is 6.71 Å². The summed E-state index contributed by atoms with van der Waals surface area (Å²) >= 11 is 0. The molecule has 0 N–H and O–H groups in total. The van der Waals surface area contributed by atoms with Crippen LogP contribution in [0.1, 0.15) is 194 Å². The van der Waals surface area contributed by atoms with Crippen molar-refractivity contribution in [2.24, 2.45) is 0 Å². The molecule has 0 fully saturated rings. The number of nitrogens with zero attached hydrogens (tertiary/aromatic N) is 2. The monoisotopic (exact) mass is 900 g/mol. The number of hydrogen-bond acceptors (Lipinski definition) is 2. The fourth-order valence-corrected chi connectivity index (χ4v) is 14.6. The summed E-state index contributed by atoms with van der Waals surface area (Å²) in [6.07, 6.45) is 5.53. The molecule has 0 saturated heterocycles. The second-order valence-electron chi connectivity index (χ2n) is 26.5. The Morgan fingerprint density at radius 3 is 1.57 bits per heavy atom. The van der Waals surface area contributed by atoms with Crippen molar-refractivity contribution in [3.05, 3.63) is 158 Å². The summed E-state index contributed by atoms with van der Waals surface area (Å²) < 4.78 is 27.8. The second kappa shape index (κ2) is 14.3. The molecule has 0 aromatic heterocycles. The first kappa shape index (κ1) is 41.9. The Kier molecular flexibility index (Phi) is 8.81. The lowest BCUT2D eigenvalue weighted by atomic mass is 9.33. The maximum absolute atomic E-state index is 9.26. The quantitative estimate of drug-likeness (QED) is 0.162. The van der Waals surface area contributed by atoms with Gasteiger partial charge in [-0.1, -0.05) is 158 Å². The van der Waals surface area contributed by atoms with Gasteiger partial charge in [0.1, 0.15) is 0 Å². The van der Waals surface area contributed by atoms with Crippen LogP contribution in [0.25, 0.3) is 0 Å². The van der Waals surface area contributed by atoms with Crippen molar-refractivity contribution in [2.75, 3.05) is 9.80 Å². The van der Waals surface area contributed by atoms with Gasteiger partial charge in [0.05, 0.1) is 0 Å². The van der Waals surface area contributed by atoms with Crippen LogP contribution in [0.4, 0.5) is 34.1 Å². The molecule has 2 nitrogen and oxygen atoms in total. The number of aryl methyl sites for hydroxylation is 2. The highest BCUT2D eigenvalue weighted by Crippen LogP contribution is 2.56. The Hall–Kier alpha value is -5.02. The van der Waals surface area contributed by atoms with Gasteiger partial charge in [0.15, 0.2) is 0 Å². The minimum absolute atomic E-state index is 0.0264. The van der Waals surface area contributed by atoms with Crippen molar-refractivity contribution in [2.45, 2.75) is 188 Å². The highest BCUT2D eigenvalue weighted by atomic mass is 15.2. The average molecular weight is 900 g/mol. The maximum Gasteiger partial charge on any atom is 0.252 e. The summed E-state index contributed by atoms with van der Waals surface area (Å²) in [5, 5.41) is 0. The Morgan fingerprint density at radius 1 is 0.471 bits per heavy atom. The lowest BCUT2D eigenvalue weighted by Gasteiger charge is -2.48. The summed E-state index contributed by atoms with van der Waals surface area (Å²) in [6.45, 7) is 35.8. The maximum atomic E-state index is 9.26. The van der Waals surface area contributed by atoms with Gasteiger partial charge in [-0.2, -0.15) is 0 Å². The first-order chi connectivity index (χ1) is 32.9. The molecular formula is C65H77BN2. The van der Waals surface area contributed by atoms with Gasteiger partial charge in [-0.05, 0) is 199 Å². The van der Waals surface area contributed by atoms with E-state index < -0.39 is 6.85 Å². The molecule has 2 aliphatic heterocycles. The number of anilines is 6. The van der Waals surface area contributed by atoms with E-state index in [-0.39, 0.29) is 44.6 Å². The van der Waals surface area contributed by atoms with Crippen molar-refractivity contribution in [3.63, 3.8) is 0 Å². The van der Waals surface area contributed by atoms with Crippen LogP contribution in [0.5, 0.6) is 0 Å². The highest BCUT2D eigenvalue weighted by molar-refractivity contribution is 7.00. The van der Waals surface area contributed by atoms with Crippen molar-refractivity contribution in [1.29, 1.82) is 0 Å². The van der Waals surface area contributed by atoms with Gasteiger partial charge in [0, 0.05) is 43.7 Å². The van der Waals surface area contributed by atoms with Gasteiger partial charge in [-0.25, -0.2) is 0 Å². The predicted molar refractivity (Wildman–Crippen MR) is 294 cm³/mol. The molecule has 3 heteroatoms. The topological polar surface area (TPSA) is 6.48 Å². The molecule has 0 spiro atoms. The van der Waals surface area contributed by atoms with Crippen molar-refractivity contribution in [1.82, 2.24) is 0 Å². The third-order valence-corrected chi connectivity index (χ3v) is 18.6. The van der Waals surface area contributed by atoms with E-state index in [2.05, 4.69) is 212 Å². The van der Waals surface area contributed by atoms with Crippen molar-refractivity contribution >= 4 is 57.2 Å². The zero-order chi connectivity index (χ0) is 51.1. The van der Waals surface area contributed by atoms with Crippen LogP contribution in [0.2, 0.25) is 0 Å². The minimum atomic E-state index is -2.36. The van der Waals surface area contributed by atoms with E-state index in [1.807, 2.05) is 6.07 Å². The largest absolute Gasteiger partial charge is 0.311 e. The van der Waals surface area contributed by atoms with Gasteiger partial charge in [0.25, 0.3) is 6.71 Å². The summed E-state index contributed by atoms with van der Waals surface area (Å²) in [5.41, 5.74) is 23.8. The molecule has 2 heterocycles. The van der Waals surface area contributed by atoms with Crippen LogP contribution in [0, 0.1) is 20.7 Å². The predicted octanol–water partition coefficient (Wildman–Crippen LogP) is 15.7. The van der Waals surface area contributed by atoms with E-state index in [0.717, 1.165) is 60.5 Å². The second-order valence-corrected chi connectivity index (χ2v) is 26.5. The molecule has 0 atom stereocenters. The van der Waals surface area contributed by atoms with Crippen LogP contribution >= 0.6 is 0 Å². The van der Waals surface area contributed by atoms with Gasteiger partial charge in [-0.3, -0.25) is 0 Å². The molecule has 0 unspecified atom stereocenters. The third-order valence-electron chi connectivity index (χ3n) is 18.6. The lowest BCUT2D eigenvalue weighted by Crippen LogP contribution is -2.62. The molecule has 0 saturated carbocycles. The first-order valence-corrected chi connectivity index (χ1v) is 25.9. The standard InChI is InChI=1S/C65H77BN2/c1-39-31-55-58-56(32-39)68(53-36-47-45(33-40(53)2)59(4,5)27-29-61(47,8)9)54-37-48-46(60(6,7)28-30-62(48,10)11)35-50(54)66(58)49-34-43(65(16,17)42-21-19-18-20-22-42)23-25-52(49)67(55)51-26-24-44-57(41(51)3)64(14,15)38-63(44,12)13/h18-26,31-37H,27-30,38H2,1-17H3/i1D3. The third kappa shape index (κ3) is 6.41. The van der Waals surface area contributed by atoms with E-state index in [1.54, 1.807) is 0 Å². The number of hydrogen-bond donors (Lipinski definition) is 0. The molecule has 6 aromatic carbocycles. The van der Waals surface area contributed by atoms with Gasteiger partial charge < -0.3 is 9.80 Å². The zero-order valence-electron chi connectivity index (χ0n) is 47.2. The number of benzene rings is 6. The van der Waals surface area contributed by atoms with Crippen molar-refractivity contribution in [3.8, 4) is 0 Å². The molecular weight excluding hydrogens is 820 g/mol. The summed E-state index contributed by atoms with van der Waals surface area (Å²) in [6, 6.07) is 37.2. The summed E-state index contributed by atoms with van der Waals surface area (Å²) in [5.74, 6) is 0. The first-order valence-electron chi connectivity index (χ1n) is 27.4. The SMILES string of the molecule is [2H]C([2H])([2H])c1cc2c3c(c1)N(c1ccc4c(c1C)C(C)(C)CC4(C)C)c1ccc(C(C)(C)c4ccccc4)cc1B3c1cc3c(cc1N2c1cc2c(cc1C)C(C)(C)CCC2(C)C)C(C)(C)CCC3(C)C. The minimum Gasteiger partial charge on any atom is -0.311 e. The summed E-state index contributed by atoms with van der Waals surface area (Å²) in [4.78, 5) is 5.02. The fourth-order valence-electron chi connectivity index (χ4n) is 14.6. The summed E-state index contributed by atoms with van der Waals surface area (Å²) in [7, 11) is 0. The Bertz CT molecular complexity index is 3240. The molecule has 0 amide bonds. The average Bonchev–Trinajstić information content (AvgIpc) is 3.49. The highest BCUT2D eigenvalue weighted by Gasteiger charge is 2.49. The van der Waals surface area contributed by atoms with E-state index >= 15 is 0 Å². The Morgan fingerprint density at radius 2 is 0.985 bits per heavy atom. The van der Waals surface area contributed by atoms with Crippen LogP contribution < -0.4 is 26.2 Å². The molecule has 0 radical (unpaired) electrons. The molecule has 68 heavy (non-hydrogen) atoms. The Balaban J connectivity index is 1.30. The molecule has 0 bridgehead atoms. The van der Waals surface area contributed by atoms with E-state index in [9.17, 15) is 4.11 Å². The number of rotatable bonds is 4. The van der Waals surface area contributed by atoms with Crippen LogP contribution in [-0.2, 0) is 37.9 Å². The lowest BCUT2D eigenvalue weighted by molar-refractivity contribution is 0.331. The van der Waals surface area contributed by atoms with E-state index in [1.165, 1.54) is 77.7 Å². The van der Waals surface area contributed by atoms with Crippen LogP contribution in [0.15, 0.2) is 97.1 Å². The van der Waals surface area contributed by atoms with Gasteiger partial charge >= 0.3 is 0 Å². The molecule has 350 valence electrons. The van der Waals surface area contributed by atoms with Gasteiger partial charge in [0.2, 0.25) is 0 Å². The molecule has 11 rings (SSSR count). The molecule has 3 aliphatic carbocycles. The number of fused-ring (bicyclic) bond motifs is 7. The van der Waals surface area contributed by atoms with Crippen molar-refractivity contribution < 1.29 is 4.11 Å². The van der Waals surface area contributed by atoms with Crippen LogP contribution in [0.3, 0.4) is 0 Å². The van der Waals surface area contributed by atoms with E-state index in [0.29, 0.717) is 5.56 Å². The van der Waals surface area contributed by atoms with E-state index in [4.69, 9.17) is 0 Å². The smallest absolute Gasteiger partial charge is 0.252 e. The molecule has 5 aliphatic rings. The molecule has 6 aromatic rings. The zero-order valence-corrected chi connectivity index (χ0v) is 44.2. The van der Waals surface area contributed by atoms with Gasteiger partial charge in [-0.15, -0.1) is 0 Å². The fraction of sp³-hybridized carbons (Fsp3) is 0.446.